The summed E-state index contributed by atoms with van der Waals surface area (Å²) in [5, 5.41) is 2.96. The Hall–Kier alpha value is -4.44. The van der Waals surface area contributed by atoms with Gasteiger partial charge in [0, 0.05) is 32.2 Å². The topological polar surface area (TPSA) is 146 Å². The Labute approximate surface area is 222 Å². The van der Waals surface area contributed by atoms with Gasteiger partial charge in [0.1, 0.15) is 17.9 Å². The first-order valence-electron chi connectivity index (χ1n) is 12.6. The van der Waals surface area contributed by atoms with E-state index in [0.29, 0.717) is 24.6 Å². The molecule has 0 spiro atoms. The number of aromatic nitrogens is 5. The fraction of sp³-hybridized carbons (Fsp3) is 0.423. The van der Waals surface area contributed by atoms with Crippen molar-refractivity contribution in [1.82, 2.24) is 29.0 Å². The van der Waals surface area contributed by atoms with Crippen LogP contribution in [-0.4, -0.2) is 54.7 Å². The molecule has 1 saturated heterocycles. The van der Waals surface area contributed by atoms with Gasteiger partial charge in [0.15, 0.2) is 16.7 Å². The van der Waals surface area contributed by atoms with Crippen molar-refractivity contribution in [3.05, 3.63) is 50.7 Å². The third kappa shape index (κ3) is 4.90. The average molecular weight is 537 g/mol. The van der Waals surface area contributed by atoms with E-state index < -0.39 is 23.1 Å². The lowest BCUT2D eigenvalue weighted by Gasteiger charge is -2.34. The summed E-state index contributed by atoms with van der Waals surface area (Å²) >= 11 is 0. The van der Waals surface area contributed by atoms with Crippen LogP contribution in [0, 0.1) is 17.7 Å². The van der Waals surface area contributed by atoms with Crippen LogP contribution in [-0.2, 0) is 24.9 Å². The number of fused-ring (bicyclic) bond motifs is 2. The molecule has 3 N–H and O–H groups in total. The smallest absolute Gasteiger partial charge is 0.332 e. The Kier molecular flexibility index (Phi) is 6.96. The van der Waals surface area contributed by atoms with Crippen LogP contribution in [0.4, 0.5) is 10.3 Å². The number of nitrogens with zero attached hydrogens (tertiary/aromatic N) is 6. The largest absolute Gasteiger partial charge is 0.439 e. The van der Waals surface area contributed by atoms with Gasteiger partial charge in [0.05, 0.1) is 12.6 Å². The number of carbonyl (C=O) groups is 1. The van der Waals surface area contributed by atoms with Crippen molar-refractivity contribution in [2.75, 3.05) is 18.0 Å². The first kappa shape index (κ1) is 26.2. The Morgan fingerprint density at radius 3 is 2.85 bits per heavy atom. The standard InChI is InChI=1S/C26H29FN8O4/c1-4-5-11-34-21-22(31-25(34)33-10-6-7-17(13-33)29-23(36)15(2)28)32(3)26(38)35(24(21)37)14-20-30-18-12-16(27)8-9-19(18)39-20/h8-9,12,15,17H,6-7,10-11,13-14,28H2,1-3H3,(H,29,36)/t15-,17+/m0/s1. The molecule has 4 aromatic rings. The fourth-order valence-electron chi connectivity index (χ4n) is 4.81. The number of oxazole rings is 1. The number of nitrogens with one attached hydrogen (secondary N) is 1. The maximum absolute atomic E-state index is 13.8. The summed E-state index contributed by atoms with van der Waals surface area (Å²) < 4.78 is 23.3. The zero-order valence-corrected chi connectivity index (χ0v) is 21.9. The van der Waals surface area contributed by atoms with E-state index in [4.69, 9.17) is 15.1 Å². The van der Waals surface area contributed by atoms with Crippen molar-refractivity contribution in [2.24, 2.45) is 12.8 Å². The molecule has 4 heterocycles. The molecule has 5 rings (SSSR count). The molecule has 1 aliphatic rings. The van der Waals surface area contributed by atoms with Crippen LogP contribution in [0.15, 0.2) is 32.2 Å². The van der Waals surface area contributed by atoms with Crippen LogP contribution in [0.2, 0.25) is 0 Å². The van der Waals surface area contributed by atoms with E-state index in [1.165, 1.54) is 29.8 Å². The summed E-state index contributed by atoms with van der Waals surface area (Å²) in [5.74, 6) is 5.71. The van der Waals surface area contributed by atoms with Gasteiger partial charge in [-0.15, -0.1) is 5.92 Å². The molecule has 0 radical (unpaired) electrons. The molecule has 0 bridgehead atoms. The van der Waals surface area contributed by atoms with E-state index in [-0.39, 0.29) is 47.6 Å². The molecule has 1 aromatic carbocycles. The van der Waals surface area contributed by atoms with Crippen LogP contribution in [0.5, 0.6) is 0 Å². The molecule has 1 aliphatic heterocycles. The van der Waals surface area contributed by atoms with Gasteiger partial charge in [-0.05, 0) is 38.8 Å². The first-order valence-corrected chi connectivity index (χ1v) is 12.6. The van der Waals surface area contributed by atoms with Crippen LogP contribution in [0.1, 0.15) is 32.6 Å². The summed E-state index contributed by atoms with van der Waals surface area (Å²) in [7, 11) is 1.54. The second-order valence-corrected chi connectivity index (χ2v) is 9.63. The van der Waals surface area contributed by atoms with Crippen LogP contribution < -0.4 is 27.2 Å². The molecule has 39 heavy (non-hydrogen) atoms. The number of rotatable bonds is 6. The normalized spacial score (nSPS) is 16.3. The number of nitrogens with two attached hydrogens (primary N) is 1. The van der Waals surface area contributed by atoms with E-state index in [2.05, 4.69) is 22.1 Å². The highest BCUT2D eigenvalue weighted by molar-refractivity contribution is 5.81. The second-order valence-electron chi connectivity index (χ2n) is 9.63. The SMILES string of the molecule is CC#CCn1c(N2CCC[C@@H](NC(=O)[C@H](C)N)C2)nc2c1c(=O)n(Cc1nc3cc(F)ccc3o1)c(=O)n2C. The Morgan fingerprint density at radius 2 is 2.10 bits per heavy atom. The molecule has 0 unspecified atom stereocenters. The molecule has 1 amide bonds. The van der Waals surface area contributed by atoms with Crippen molar-refractivity contribution in [2.45, 2.75) is 51.9 Å². The molecule has 0 saturated carbocycles. The van der Waals surface area contributed by atoms with E-state index in [0.717, 1.165) is 17.4 Å². The molecule has 0 aliphatic carbocycles. The number of imidazole rings is 1. The summed E-state index contributed by atoms with van der Waals surface area (Å²) in [4.78, 5) is 50.1. The van der Waals surface area contributed by atoms with E-state index >= 15 is 0 Å². The van der Waals surface area contributed by atoms with Crippen LogP contribution in [0.3, 0.4) is 0 Å². The maximum atomic E-state index is 13.8. The maximum Gasteiger partial charge on any atom is 0.332 e. The molecule has 2 atom stereocenters. The van der Waals surface area contributed by atoms with Gasteiger partial charge in [-0.3, -0.25) is 18.7 Å². The van der Waals surface area contributed by atoms with Crippen molar-refractivity contribution < 1.29 is 13.6 Å². The number of amides is 1. The van der Waals surface area contributed by atoms with Crippen molar-refractivity contribution >= 4 is 34.1 Å². The van der Waals surface area contributed by atoms with Gasteiger partial charge >= 0.3 is 5.69 Å². The molecular weight excluding hydrogens is 507 g/mol. The Bertz CT molecular complexity index is 1750. The lowest BCUT2D eigenvalue weighted by Crippen LogP contribution is -2.51. The van der Waals surface area contributed by atoms with Crippen molar-refractivity contribution in [3.8, 4) is 11.8 Å². The van der Waals surface area contributed by atoms with E-state index in [9.17, 15) is 18.8 Å². The number of hydrogen-bond acceptors (Lipinski definition) is 8. The number of piperidine rings is 1. The molecule has 12 nitrogen and oxygen atoms in total. The zero-order valence-electron chi connectivity index (χ0n) is 21.9. The summed E-state index contributed by atoms with van der Waals surface area (Å²) in [5.41, 5.74) is 5.61. The van der Waals surface area contributed by atoms with Crippen LogP contribution in [0.25, 0.3) is 22.3 Å². The van der Waals surface area contributed by atoms with Crippen LogP contribution >= 0.6 is 0 Å². The van der Waals surface area contributed by atoms with Gasteiger partial charge in [-0.2, -0.15) is 4.98 Å². The minimum Gasteiger partial charge on any atom is -0.439 e. The summed E-state index contributed by atoms with van der Waals surface area (Å²) in [6.07, 6.45) is 1.57. The van der Waals surface area contributed by atoms with Crippen molar-refractivity contribution in [1.29, 1.82) is 0 Å². The minimum absolute atomic E-state index is 0.0949. The Morgan fingerprint density at radius 1 is 1.31 bits per heavy atom. The van der Waals surface area contributed by atoms with Gasteiger partial charge in [0.2, 0.25) is 17.7 Å². The second kappa shape index (κ2) is 10.4. The lowest BCUT2D eigenvalue weighted by atomic mass is 10.1. The molecule has 3 aromatic heterocycles. The molecule has 13 heteroatoms. The average Bonchev–Trinajstić information content (AvgIpc) is 3.49. The fourth-order valence-corrected chi connectivity index (χ4v) is 4.81. The number of halogens is 1. The number of anilines is 1. The number of aryl methyl sites for hydroxylation is 1. The van der Waals surface area contributed by atoms with Gasteiger partial charge in [-0.1, -0.05) is 5.92 Å². The Balaban J connectivity index is 1.59. The highest BCUT2D eigenvalue weighted by atomic mass is 19.1. The third-order valence-corrected chi connectivity index (χ3v) is 6.78. The predicted molar refractivity (Wildman–Crippen MR) is 143 cm³/mol. The summed E-state index contributed by atoms with van der Waals surface area (Å²) in [6.45, 7) is 4.36. The first-order chi connectivity index (χ1) is 18.7. The monoisotopic (exact) mass is 536 g/mol. The highest BCUT2D eigenvalue weighted by Crippen LogP contribution is 2.24. The molecule has 1 fully saturated rings. The van der Waals surface area contributed by atoms with Gasteiger partial charge in [0.25, 0.3) is 5.56 Å². The number of hydrogen-bond donors (Lipinski definition) is 2. The van der Waals surface area contributed by atoms with Gasteiger partial charge in [-0.25, -0.2) is 18.7 Å². The minimum atomic E-state index is -0.627. The zero-order chi connectivity index (χ0) is 27.8. The molecule has 204 valence electrons. The highest BCUT2D eigenvalue weighted by Gasteiger charge is 2.28. The lowest BCUT2D eigenvalue weighted by molar-refractivity contribution is -0.122. The van der Waals surface area contributed by atoms with Gasteiger partial charge < -0.3 is 20.4 Å². The predicted octanol–water partition coefficient (Wildman–Crippen LogP) is 0.681. The quantitative estimate of drug-likeness (QED) is 0.342. The summed E-state index contributed by atoms with van der Waals surface area (Å²) in [6, 6.07) is 3.14. The van der Waals surface area contributed by atoms with E-state index in [1.54, 1.807) is 18.4 Å². The molecular formula is C26H29FN8O4. The van der Waals surface area contributed by atoms with Crippen molar-refractivity contribution in [3.63, 3.8) is 0 Å². The van der Waals surface area contributed by atoms with E-state index in [1.807, 2.05) is 4.90 Å². The number of benzene rings is 1. The third-order valence-electron chi connectivity index (χ3n) is 6.78. The number of carbonyl (C=O) groups excluding carboxylic acids is 1.